The van der Waals surface area contributed by atoms with Crippen LogP contribution in [0, 0.1) is 11.8 Å². The lowest BCUT2D eigenvalue weighted by atomic mass is 9.72. The van der Waals surface area contributed by atoms with Crippen LogP contribution in [0.4, 0.5) is 0 Å². The van der Waals surface area contributed by atoms with Crippen LogP contribution in [0.1, 0.15) is 208 Å². The molecule has 9 aromatic rings. The molecule has 586 valence electrons. The van der Waals surface area contributed by atoms with E-state index in [0.29, 0.717) is 30.4 Å². The number of carboxylic acid groups (broad SMARTS) is 3. The number of aliphatic hydroxyl groups excluding tert-OH is 2. The number of aliphatic carboxylic acids is 3. The van der Waals surface area contributed by atoms with Crippen molar-refractivity contribution in [3.63, 3.8) is 0 Å². The molecule has 3 fully saturated rings. The molecule has 111 heavy (non-hydrogen) atoms. The third kappa shape index (κ3) is 21.7. The van der Waals surface area contributed by atoms with Gasteiger partial charge in [-0.3, -0.25) is 19.2 Å². The molecule has 0 saturated carbocycles. The maximum absolute atomic E-state index is 12.7. The van der Waals surface area contributed by atoms with Crippen LogP contribution in [-0.2, 0) is 46.6 Å². The summed E-state index contributed by atoms with van der Waals surface area (Å²) in [7, 11) is 0. The van der Waals surface area contributed by atoms with Gasteiger partial charge in [-0.1, -0.05) is 255 Å². The molecular weight excluding hydrogens is 1390 g/mol. The highest BCUT2D eigenvalue weighted by atomic mass is 16.5. The van der Waals surface area contributed by atoms with E-state index in [2.05, 4.69) is 63.2 Å². The zero-order chi connectivity index (χ0) is 79.2. The molecule has 9 aromatic carbocycles. The fraction of sp³-hybridized carbons (Fsp3) is 0.396. The molecule has 0 aliphatic carbocycles. The smallest absolute Gasteiger partial charge is 0.313 e. The topological polar surface area (TPSA) is 229 Å². The monoisotopic (exact) mass is 1500 g/mol. The van der Waals surface area contributed by atoms with Crippen LogP contribution >= 0.6 is 0 Å². The van der Waals surface area contributed by atoms with Gasteiger partial charge in [0, 0.05) is 25.1 Å². The standard InChI is InChI=1S/C32H39NO4.C32H37NO4.C32H39NO4/c2*1-31(2,30(35)36)25-17-15-24(16-18-25)29(34)14-9-21-33-22-19-28(20-23-33)32(37,26-10-5-3-6-11-26)27-12-7-4-8-13-27;1-32(2,31(35)36)27-17-15-24(16-18-27)29(34)14-9-21-33-22-19-28(20-23-33)37-30(25-10-5-3-6-11-25)26-12-7-4-8-13-26/h3-8,10-13,15-18,28-29,34,37H,9,14,19-23H2,1-2H3,(H,35,36);3-8,10-13,15-18,28,37H,9,14,19-23H2,1-2H3,(H,35,36);3-8,10-13,15-18,28-30,34H,9,14,19-23H2,1-2H3,(H,35,36). The average molecular weight is 1500 g/mol. The number of rotatable bonds is 31. The molecule has 3 aliphatic rings. The molecule has 15 heteroatoms. The summed E-state index contributed by atoms with van der Waals surface area (Å²) in [4.78, 5) is 54.4. The second-order valence-electron chi connectivity index (χ2n) is 32.1. The summed E-state index contributed by atoms with van der Waals surface area (Å²) in [5, 5.41) is 73.7. The van der Waals surface area contributed by atoms with E-state index in [1.807, 2.05) is 170 Å². The predicted molar refractivity (Wildman–Crippen MR) is 439 cm³/mol. The van der Waals surface area contributed by atoms with E-state index in [0.717, 1.165) is 161 Å². The zero-order valence-corrected chi connectivity index (χ0v) is 65.6. The third-order valence-electron chi connectivity index (χ3n) is 23.6. The number of aliphatic hydroxyl groups is 4. The Morgan fingerprint density at radius 3 is 0.919 bits per heavy atom. The largest absolute Gasteiger partial charge is 0.481 e. The van der Waals surface area contributed by atoms with Crippen molar-refractivity contribution in [2.24, 2.45) is 11.8 Å². The lowest BCUT2D eigenvalue weighted by Gasteiger charge is -2.42. The van der Waals surface area contributed by atoms with Crippen molar-refractivity contribution in [1.29, 1.82) is 0 Å². The molecule has 2 atom stereocenters. The van der Waals surface area contributed by atoms with E-state index >= 15 is 0 Å². The minimum absolute atomic E-state index is 0.0541. The molecule has 3 heterocycles. The first-order valence-corrected chi connectivity index (χ1v) is 39.8. The van der Waals surface area contributed by atoms with Crippen LogP contribution in [0.15, 0.2) is 255 Å². The summed E-state index contributed by atoms with van der Waals surface area (Å²) in [6, 6.07) is 82.4. The SMILES string of the molecule is CC(C)(C(=O)O)c1ccc(C(=O)CCCN2CCC(C(O)(c3ccccc3)c3ccccc3)CC2)cc1.CC(C)(C(=O)O)c1ccc(C(O)CCCN2CCC(C(O)(c3ccccc3)c3ccccc3)CC2)cc1.CC(C)(C(=O)O)c1ccc(C(O)CCCN2CCC(OC(c3ccccc3)c3ccccc3)CC2)cc1. The number of hydrogen-bond acceptors (Lipinski definition) is 12. The third-order valence-corrected chi connectivity index (χ3v) is 23.6. The van der Waals surface area contributed by atoms with Crippen LogP contribution < -0.4 is 0 Å². The van der Waals surface area contributed by atoms with Crippen molar-refractivity contribution in [3.05, 3.63) is 322 Å². The van der Waals surface area contributed by atoms with Crippen molar-refractivity contribution in [2.45, 2.75) is 170 Å². The maximum Gasteiger partial charge on any atom is 0.313 e. The molecule has 0 spiro atoms. The van der Waals surface area contributed by atoms with Crippen molar-refractivity contribution < 1.29 is 59.7 Å². The van der Waals surface area contributed by atoms with Gasteiger partial charge in [-0.25, -0.2) is 0 Å². The molecule has 0 aromatic heterocycles. The van der Waals surface area contributed by atoms with Gasteiger partial charge in [0.05, 0.1) is 34.6 Å². The number of hydrogen-bond donors (Lipinski definition) is 7. The fourth-order valence-corrected chi connectivity index (χ4v) is 15.9. The number of Topliss-reactive ketones (excluding diaryl/α,β-unsaturated/α-hetero) is 1. The molecule has 3 aliphatic heterocycles. The van der Waals surface area contributed by atoms with E-state index in [1.54, 1.807) is 77.9 Å². The normalized spacial score (nSPS) is 16.0. The molecule has 3 saturated heterocycles. The number of piperidine rings is 3. The Hall–Kier alpha value is -9.26. The summed E-state index contributed by atoms with van der Waals surface area (Å²) < 4.78 is 6.66. The van der Waals surface area contributed by atoms with E-state index in [4.69, 9.17) is 4.74 Å². The van der Waals surface area contributed by atoms with Gasteiger partial charge >= 0.3 is 17.9 Å². The highest BCUT2D eigenvalue weighted by molar-refractivity contribution is 5.96. The molecule has 2 unspecified atom stereocenters. The second-order valence-corrected chi connectivity index (χ2v) is 32.1. The van der Waals surface area contributed by atoms with Gasteiger partial charge in [0.15, 0.2) is 5.78 Å². The Morgan fingerprint density at radius 1 is 0.351 bits per heavy atom. The Morgan fingerprint density at radius 2 is 0.622 bits per heavy atom. The molecule has 0 bridgehead atoms. The molecule has 7 N–H and O–H groups in total. The highest BCUT2D eigenvalue weighted by Gasteiger charge is 2.43. The van der Waals surface area contributed by atoms with Crippen LogP contribution in [0.2, 0.25) is 0 Å². The Bertz CT molecular complexity index is 4190. The highest BCUT2D eigenvalue weighted by Crippen LogP contribution is 2.44. The lowest BCUT2D eigenvalue weighted by Crippen LogP contribution is -2.44. The van der Waals surface area contributed by atoms with Crippen molar-refractivity contribution in [1.82, 2.24) is 14.7 Å². The van der Waals surface area contributed by atoms with Crippen LogP contribution in [0.3, 0.4) is 0 Å². The average Bonchev–Trinajstić information content (AvgIpc) is 0.772. The van der Waals surface area contributed by atoms with E-state index in [-0.39, 0.29) is 29.8 Å². The van der Waals surface area contributed by atoms with Crippen molar-refractivity contribution in [2.75, 3.05) is 58.9 Å². The number of carbonyl (C=O) groups excluding carboxylic acids is 1. The summed E-state index contributed by atoms with van der Waals surface area (Å²) >= 11 is 0. The van der Waals surface area contributed by atoms with Gasteiger partial charge in [0.2, 0.25) is 0 Å². The Labute approximate surface area is 657 Å². The van der Waals surface area contributed by atoms with Gasteiger partial charge < -0.3 is 55.2 Å². The second kappa shape index (κ2) is 39.3. The van der Waals surface area contributed by atoms with Crippen LogP contribution in [0.5, 0.6) is 0 Å². The first-order valence-electron chi connectivity index (χ1n) is 39.8. The Balaban J connectivity index is 0.000000177. The van der Waals surface area contributed by atoms with Crippen LogP contribution in [0.25, 0.3) is 0 Å². The minimum atomic E-state index is -1.02. The summed E-state index contributed by atoms with van der Waals surface area (Å²) in [5.74, 6) is -2.28. The number of ketones is 1. The molecule has 15 nitrogen and oxygen atoms in total. The van der Waals surface area contributed by atoms with E-state index < -0.39 is 57.6 Å². The quantitative estimate of drug-likeness (QED) is 0.0201. The van der Waals surface area contributed by atoms with Gasteiger partial charge in [-0.15, -0.1) is 0 Å². The number of ether oxygens (including phenoxy) is 1. The Kier molecular flexibility index (Phi) is 29.8. The first kappa shape index (κ1) is 84.2. The van der Waals surface area contributed by atoms with Crippen molar-refractivity contribution in [3.8, 4) is 0 Å². The van der Waals surface area contributed by atoms with Gasteiger partial charge in [0.25, 0.3) is 0 Å². The molecular formula is C96H115N3O12. The zero-order valence-electron chi connectivity index (χ0n) is 65.6. The number of carbonyl (C=O) groups is 4. The molecule has 0 radical (unpaired) electrons. The summed E-state index contributed by atoms with van der Waals surface area (Å²) in [5.41, 5.74) is 5.65. The number of likely N-dealkylation sites (tertiary alicyclic amines) is 3. The molecule has 0 amide bonds. The summed E-state index contributed by atoms with van der Waals surface area (Å²) in [6.07, 6.45) is 8.98. The lowest BCUT2D eigenvalue weighted by molar-refractivity contribution is -0.143. The van der Waals surface area contributed by atoms with Gasteiger partial charge in [0.1, 0.15) is 17.3 Å². The number of nitrogens with zero attached hydrogens (tertiary/aromatic N) is 3. The van der Waals surface area contributed by atoms with Gasteiger partial charge in [-0.2, -0.15) is 0 Å². The van der Waals surface area contributed by atoms with Crippen molar-refractivity contribution >= 4 is 23.7 Å². The van der Waals surface area contributed by atoms with Gasteiger partial charge in [-0.05, 0) is 231 Å². The number of carboxylic acids is 3. The fourth-order valence-electron chi connectivity index (χ4n) is 15.9. The first-order chi connectivity index (χ1) is 53.3. The van der Waals surface area contributed by atoms with Crippen LogP contribution in [-0.4, -0.2) is 139 Å². The van der Waals surface area contributed by atoms with E-state index in [1.165, 1.54) is 11.1 Å². The number of benzene rings is 9. The minimum Gasteiger partial charge on any atom is -0.481 e. The maximum atomic E-state index is 12.7. The van der Waals surface area contributed by atoms with E-state index in [9.17, 15) is 54.9 Å². The predicted octanol–water partition coefficient (Wildman–Crippen LogP) is 17.3. The molecule has 12 rings (SSSR count). The summed E-state index contributed by atoms with van der Waals surface area (Å²) in [6.45, 7) is 18.4.